The predicted octanol–water partition coefficient (Wildman–Crippen LogP) is 14.3. The zero-order valence-electron chi connectivity index (χ0n) is 30.6. The summed E-state index contributed by atoms with van der Waals surface area (Å²) in [5.74, 6) is 2.93. The number of hydrogen-bond donors (Lipinski definition) is 0. The summed E-state index contributed by atoms with van der Waals surface area (Å²) in [6, 6.07) is 63.2. The lowest BCUT2D eigenvalue weighted by molar-refractivity contribution is 0.359. The third kappa shape index (κ3) is 4.46. The quantitative estimate of drug-likeness (QED) is 0.181. The highest BCUT2D eigenvalue weighted by molar-refractivity contribution is 5.97. The van der Waals surface area contributed by atoms with E-state index in [9.17, 15) is 0 Å². The standard InChI is InChI=1S/C53H35NO2/c1-2-14-38(15-3-1)54(40-28-24-34-12-4-5-13-36(34)30-40)39-26-22-35(23-27-39)37-25-29-49-50(31-37)56-52-33-48-44(32-51(52)55-49)43-18-8-11-21-47(43)53(48)45-19-9-6-16-41(45)42-17-7-10-20-46(42)53/h1-6,8-16,18-33H,7,17H2. The van der Waals surface area contributed by atoms with Crippen molar-refractivity contribution < 1.29 is 9.47 Å². The zero-order chi connectivity index (χ0) is 36.8. The van der Waals surface area contributed by atoms with Gasteiger partial charge >= 0.3 is 0 Å². The molecule has 3 aliphatic carbocycles. The van der Waals surface area contributed by atoms with Crippen molar-refractivity contribution >= 4 is 33.4 Å². The van der Waals surface area contributed by atoms with Crippen molar-refractivity contribution in [1.29, 1.82) is 0 Å². The van der Waals surface area contributed by atoms with E-state index in [0.717, 1.165) is 64.0 Å². The summed E-state index contributed by atoms with van der Waals surface area (Å²) in [6.45, 7) is 0. The number of fused-ring (bicyclic) bond motifs is 12. The van der Waals surface area contributed by atoms with E-state index < -0.39 is 5.41 Å². The van der Waals surface area contributed by atoms with E-state index in [4.69, 9.17) is 9.47 Å². The number of anilines is 3. The van der Waals surface area contributed by atoms with E-state index in [-0.39, 0.29) is 0 Å². The van der Waals surface area contributed by atoms with E-state index in [1.165, 1.54) is 55.3 Å². The summed E-state index contributed by atoms with van der Waals surface area (Å²) in [4.78, 5) is 2.31. The van der Waals surface area contributed by atoms with Crippen LogP contribution < -0.4 is 14.4 Å². The summed E-state index contributed by atoms with van der Waals surface area (Å²) >= 11 is 0. The Morgan fingerprint density at radius 3 is 1.93 bits per heavy atom. The Labute approximate surface area is 326 Å². The lowest BCUT2D eigenvalue weighted by Crippen LogP contribution is -2.27. The fraction of sp³-hybridized carbons (Fsp3) is 0.0566. The molecule has 1 spiro atoms. The molecule has 1 unspecified atom stereocenters. The van der Waals surface area contributed by atoms with Gasteiger partial charge in [-0.05, 0) is 140 Å². The highest BCUT2D eigenvalue weighted by Gasteiger charge is 2.53. The van der Waals surface area contributed by atoms with Crippen LogP contribution in [0.5, 0.6) is 23.0 Å². The van der Waals surface area contributed by atoms with Crippen LogP contribution in [0.4, 0.5) is 17.1 Å². The maximum atomic E-state index is 6.84. The minimum Gasteiger partial charge on any atom is -0.449 e. The molecule has 56 heavy (non-hydrogen) atoms. The molecule has 4 aliphatic rings. The topological polar surface area (TPSA) is 21.7 Å². The van der Waals surface area contributed by atoms with E-state index in [0.29, 0.717) is 0 Å². The highest BCUT2D eigenvalue weighted by Crippen LogP contribution is 2.65. The number of benzene rings is 8. The molecule has 3 heteroatoms. The summed E-state index contributed by atoms with van der Waals surface area (Å²) < 4.78 is 13.5. The number of rotatable bonds is 4. The molecule has 3 nitrogen and oxygen atoms in total. The molecule has 0 radical (unpaired) electrons. The van der Waals surface area contributed by atoms with Gasteiger partial charge in [-0.15, -0.1) is 0 Å². The van der Waals surface area contributed by atoms with Crippen LogP contribution in [-0.4, -0.2) is 0 Å². The van der Waals surface area contributed by atoms with Crippen LogP contribution in [0.3, 0.4) is 0 Å². The lowest BCUT2D eigenvalue weighted by Gasteiger charge is -2.33. The first-order chi connectivity index (χ1) is 27.7. The second-order valence-electron chi connectivity index (χ2n) is 15.1. The summed E-state index contributed by atoms with van der Waals surface area (Å²) in [7, 11) is 0. The normalized spacial score (nSPS) is 16.6. The molecule has 8 aromatic rings. The predicted molar refractivity (Wildman–Crippen MR) is 228 cm³/mol. The van der Waals surface area contributed by atoms with Crippen molar-refractivity contribution in [2.45, 2.75) is 18.3 Å². The Kier molecular flexibility index (Phi) is 6.67. The fourth-order valence-electron chi connectivity index (χ4n) is 9.77. The van der Waals surface area contributed by atoms with E-state index in [1.54, 1.807) is 0 Å². The van der Waals surface area contributed by atoms with Crippen molar-refractivity contribution in [3.63, 3.8) is 0 Å². The molecule has 0 bridgehead atoms. The number of para-hydroxylation sites is 1. The van der Waals surface area contributed by atoms with Gasteiger partial charge in [0.15, 0.2) is 23.0 Å². The van der Waals surface area contributed by atoms with Gasteiger partial charge in [0.05, 0.1) is 5.41 Å². The molecule has 1 aliphatic heterocycles. The number of allylic oxidation sites excluding steroid dienone is 4. The van der Waals surface area contributed by atoms with Crippen LogP contribution in [0.25, 0.3) is 38.6 Å². The Morgan fingerprint density at radius 2 is 1.07 bits per heavy atom. The molecule has 0 aromatic heterocycles. The third-order valence-electron chi connectivity index (χ3n) is 12.2. The van der Waals surface area contributed by atoms with Crippen molar-refractivity contribution in [2.24, 2.45) is 0 Å². The summed E-state index contributed by atoms with van der Waals surface area (Å²) in [5, 5.41) is 2.44. The SMILES string of the molecule is C1=CC2=C(CC1)c1ccccc1C21c2ccccc2-c2cc3c(cc21)Oc1cc(-c2ccc(N(c4ccccc4)c4ccc5ccccc5c4)cc2)ccc1O3. The van der Waals surface area contributed by atoms with Gasteiger partial charge in [0.1, 0.15) is 0 Å². The second kappa shape index (κ2) is 11.9. The van der Waals surface area contributed by atoms with Gasteiger partial charge in [0, 0.05) is 17.1 Å². The molecular formula is C53H35NO2. The third-order valence-corrected chi connectivity index (χ3v) is 12.2. The first-order valence-electron chi connectivity index (χ1n) is 19.5. The molecule has 1 heterocycles. The van der Waals surface area contributed by atoms with Crippen LogP contribution in [-0.2, 0) is 5.41 Å². The number of hydrogen-bond acceptors (Lipinski definition) is 3. The van der Waals surface area contributed by atoms with Gasteiger partial charge in [-0.3, -0.25) is 0 Å². The zero-order valence-corrected chi connectivity index (χ0v) is 30.6. The molecule has 1 atom stereocenters. The average molecular weight is 718 g/mol. The molecule has 0 saturated heterocycles. The second-order valence-corrected chi connectivity index (χ2v) is 15.1. The first-order valence-corrected chi connectivity index (χ1v) is 19.5. The van der Waals surface area contributed by atoms with Crippen molar-refractivity contribution in [3.8, 4) is 45.3 Å². The van der Waals surface area contributed by atoms with Crippen LogP contribution in [0.1, 0.15) is 35.1 Å². The van der Waals surface area contributed by atoms with Gasteiger partial charge in [0.2, 0.25) is 0 Å². The summed E-state index contributed by atoms with van der Waals surface area (Å²) in [5.41, 5.74) is 15.7. The molecule has 0 fully saturated rings. The fourth-order valence-corrected chi connectivity index (χ4v) is 9.77. The monoisotopic (exact) mass is 717 g/mol. The van der Waals surface area contributed by atoms with Gasteiger partial charge < -0.3 is 14.4 Å². The van der Waals surface area contributed by atoms with Gasteiger partial charge in [-0.1, -0.05) is 127 Å². The van der Waals surface area contributed by atoms with Crippen LogP contribution in [0, 0.1) is 0 Å². The van der Waals surface area contributed by atoms with Crippen LogP contribution in [0.15, 0.2) is 194 Å². The minimum absolute atomic E-state index is 0.391. The van der Waals surface area contributed by atoms with E-state index >= 15 is 0 Å². The van der Waals surface area contributed by atoms with Gasteiger partial charge in [0.25, 0.3) is 0 Å². The van der Waals surface area contributed by atoms with E-state index in [1.807, 2.05) is 6.07 Å². The maximum Gasteiger partial charge on any atom is 0.170 e. The molecular weight excluding hydrogens is 683 g/mol. The molecule has 12 rings (SSSR count). The molecule has 0 N–H and O–H groups in total. The molecule has 8 aromatic carbocycles. The van der Waals surface area contributed by atoms with E-state index in [2.05, 4.69) is 187 Å². The van der Waals surface area contributed by atoms with Gasteiger partial charge in [-0.25, -0.2) is 0 Å². The van der Waals surface area contributed by atoms with Crippen molar-refractivity contribution in [3.05, 3.63) is 216 Å². The summed E-state index contributed by atoms with van der Waals surface area (Å²) in [6.07, 6.45) is 6.85. The van der Waals surface area contributed by atoms with Crippen molar-refractivity contribution in [1.82, 2.24) is 0 Å². The van der Waals surface area contributed by atoms with Gasteiger partial charge in [-0.2, -0.15) is 0 Å². The number of nitrogens with zero attached hydrogens (tertiary/aromatic N) is 1. The Balaban J connectivity index is 0.918. The molecule has 0 saturated carbocycles. The Bertz CT molecular complexity index is 2980. The smallest absolute Gasteiger partial charge is 0.170 e. The first kappa shape index (κ1) is 31.3. The minimum atomic E-state index is -0.391. The number of ether oxygens (including phenoxy) is 2. The average Bonchev–Trinajstić information content (AvgIpc) is 3.72. The lowest BCUT2D eigenvalue weighted by atomic mass is 9.69. The molecule has 0 amide bonds. The molecule has 264 valence electrons. The largest absolute Gasteiger partial charge is 0.449 e. The van der Waals surface area contributed by atoms with Crippen LogP contribution in [0.2, 0.25) is 0 Å². The highest BCUT2D eigenvalue weighted by atomic mass is 16.6. The van der Waals surface area contributed by atoms with Crippen LogP contribution >= 0.6 is 0 Å². The Hall–Kier alpha value is -7.10. The Morgan fingerprint density at radius 1 is 0.429 bits per heavy atom. The van der Waals surface area contributed by atoms with Crippen molar-refractivity contribution in [2.75, 3.05) is 4.90 Å². The maximum absolute atomic E-state index is 6.84.